The second kappa shape index (κ2) is 7.58. The molecule has 0 aliphatic rings. The second-order valence-corrected chi connectivity index (χ2v) is 3.44. The molecular weight excluding hydrogens is 180 g/mol. The Morgan fingerprint density at radius 1 is 1.50 bits per heavy atom. The first-order chi connectivity index (χ1) is 6.63. The number of hydrogen-bond acceptors (Lipinski definition) is 3. The quantitative estimate of drug-likeness (QED) is 0.258. The Bertz CT molecular complexity index is 170. The van der Waals surface area contributed by atoms with E-state index in [-0.39, 0.29) is 6.04 Å². The number of guanidine groups is 1. The molecule has 0 amide bonds. The van der Waals surface area contributed by atoms with E-state index in [2.05, 4.69) is 22.7 Å². The summed E-state index contributed by atoms with van der Waals surface area (Å²) in [7, 11) is 1.67. The van der Waals surface area contributed by atoms with Gasteiger partial charge in [-0.25, -0.2) is 10.8 Å². The summed E-state index contributed by atoms with van der Waals surface area (Å²) in [6.07, 6.45) is 0.929. The molecule has 0 aromatic heterocycles. The third kappa shape index (κ3) is 5.77. The smallest absolute Gasteiger partial charge is 0.206 e. The molecule has 5 heteroatoms. The van der Waals surface area contributed by atoms with Crippen LogP contribution in [0.25, 0.3) is 0 Å². The molecule has 0 aromatic carbocycles. The van der Waals surface area contributed by atoms with Crippen molar-refractivity contribution in [2.75, 3.05) is 13.7 Å². The maximum atomic E-state index is 5.34. The largest absolute Gasteiger partial charge is 0.382 e. The average Bonchev–Trinajstić information content (AvgIpc) is 2.15. The summed E-state index contributed by atoms with van der Waals surface area (Å²) in [6.45, 7) is 6.74. The molecule has 14 heavy (non-hydrogen) atoms. The molecule has 5 nitrogen and oxygen atoms in total. The Hall–Kier alpha value is -0.810. The first-order valence-electron chi connectivity index (χ1n) is 4.93. The van der Waals surface area contributed by atoms with E-state index in [1.807, 2.05) is 13.8 Å². The number of nitrogens with two attached hydrogens (primary N) is 1. The van der Waals surface area contributed by atoms with Crippen molar-refractivity contribution in [1.29, 1.82) is 0 Å². The lowest BCUT2D eigenvalue weighted by atomic mass is 10.2. The topological polar surface area (TPSA) is 71.7 Å². The minimum atomic E-state index is 0.150. The fourth-order valence-electron chi connectivity index (χ4n) is 1.01. The highest BCUT2D eigenvalue weighted by molar-refractivity contribution is 5.79. The summed E-state index contributed by atoms with van der Waals surface area (Å²) in [6, 6.07) is 0.460. The van der Waals surface area contributed by atoms with E-state index in [4.69, 9.17) is 10.6 Å². The predicted octanol–water partition coefficient (Wildman–Crippen LogP) is 0.229. The molecule has 1 atom stereocenters. The molecule has 4 N–H and O–H groups in total. The van der Waals surface area contributed by atoms with Crippen LogP contribution >= 0.6 is 0 Å². The van der Waals surface area contributed by atoms with Crippen molar-refractivity contribution in [3.63, 3.8) is 0 Å². The van der Waals surface area contributed by atoms with Crippen molar-refractivity contribution in [1.82, 2.24) is 10.7 Å². The number of nitrogens with one attached hydrogen (secondary N) is 2. The first kappa shape index (κ1) is 13.2. The SMILES string of the molecule is CCC(COC)N=C(NN)NC(C)C. The molecule has 84 valence electrons. The van der Waals surface area contributed by atoms with Gasteiger partial charge in [0.25, 0.3) is 0 Å². The maximum Gasteiger partial charge on any atom is 0.206 e. The van der Waals surface area contributed by atoms with Crippen molar-refractivity contribution in [3.8, 4) is 0 Å². The van der Waals surface area contributed by atoms with Crippen LogP contribution in [0.2, 0.25) is 0 Å². The Kier molecular flexibility index (Phi) is 7.14. The first-order valence-corrected chi connectivity index (χ1v) is 4.93. The molecule has 0 spiro atoms. The van der Waals surface area contributed by atoms with Crippen molar-refractivity contribution in [3.05, 3.63) is 0 Å². The zero-order valence-corrected chi connectivity index (χ0v) is 9.50. The number of ether oxygens (including phenoxy) is 1. The molecule has 0 radical (unpaired) electrons. The molecule has 0 aromatic rings. The van der Waals surface area contributed by atoms with Gasteiger partial charge in [-0.15, -0.1) is 0 Å². The zero-order chi connectivity index (χ0) is 11.0. The molecule has 0 aliphatic heterocycles. The van der Waals surface area contributed by atoms with Gasteiger partial charge in [-0.3, -0.25) is 5.43 Å². The lowest BCUT2D eigenvalue weighted by molar-refractivity contribution is 0.179. The van der Waals surface area contributed by atoms with Crippen molar-refractivity contribution in [2.45, 2.75) is 39.3 Å². The van der Waals surface area contributed by atoms with Crippen LogP contribution in [0.4, 0.5) is 0 Å². The lowest BCUT2D eigenvalue weighted by Gasteiger charge is -2.15. The Morgan fingerprint density at radius 3 is 2.50 bits per heavy atom. The molecule has 0 aliphatic carbocycles. The summed E-state index contributed by atoms with van der Waals surface area (Å²) >= 11 is 0. The molecule has 0 rings (SSSR count). The number of methoxy groups -OCH3 is 1. The van der Waals surface area contributed by atoms with Crippen LogP contribution in [0.5, 0.6) is 0 Å². The fraction of sp³-hybridized carbons (Fsp3) is 0.889. The molecule has 0 saturated heterocycles. The van der Waals surface area contributed by atoms with E-state index < -0.39 is 0 Å². The fourth-order valence-corrected chi connectivity index (χ4v) is 1.01. The van der Waals surface area contributed by atoms with Crippen LogP contribution in [-0.4, -0.2) is 31.8 Å². The minimum absolute atomic E-state index is 0.150. The Morgan fingerprint density at radius 2 is 2.14 bits per heavy atom. The van der Waals surface area contributed by atoms with Crippen molar-refractivity contribution >= 4 is 5.96 Å². The van der Waals surface area contributed by atoms with Gasteiger partial charge in [0, 0.05) is 13.2 Å². The van der Waals surface area contributed by atoms with Crippen LogP contribution in [0, 0.1) is 0 Å². The zero-order valence-electron chi connectivity index (χ0n) is 9.50. The van der Waals surface area contributed by atoms with Gasteiger partial charge >= 0.3 is 0 Å². The van der Waals surface area contributed by atoms with Gasteiger partial charge in [-0.1, -0.05) is 6.92 Å². The number of aliphatic imine (C=N–C) groups is 1. The summed E-state index contributed by atoms with van der Waals surface area (Å²) in [5, 5.41) is 3.11. The van der Waals surface area contributed by atoms with Crippen LogP contribution < -0.4 is 16.6 Å². The van der Waals surface area contributed by atoms with E-state index in [1.165, 1.54) is 0 Å². The normalized spacial score (nSPS) is 14.3. The predicted molar refractivity (Wildman–Crippen MR) is 59.0 cm³/mol. The van der Waals surface area contributed by atoms with Crippen LogP contribution in [0.15, 0.2) is 4.99 Å². The third-order valence-corrected chi connectivity index (χ3v) is 1.70. The molecule has 0 saturated carbocycles. The van der Waals surface area contributed by atoms with E-state index in [1.54, 1.807) is 7.11 Å². The van der Waals surface area contributed by atoms with E-state index in [0.717, 1.165) is 6.42 Å². The van der Waals surface area contributed by atoms with Crippen molar-refractivity contribution in [2.24, 2.45) is 10.8 Å². The number of hydrogen-bond donors (Lipinski definition) is 3. The summed E-state index contributed by atoms with van der Waals surface area (Å²) in [4.78, 5) is 4.39. The highest BCUT2D eigenvalue weighted by atomic mass is 16.5. The maximum absolute atomic E-state index is 5.34. The van der Waals surface area contributed by atoms with Gasteiger partial charge < -0.3 is 10.1 Å². The van der Waals surface area contributed by atoms with E-state index >= 15 is 0 Å². The summed E-state index contributed by atoms with van der Waals surface area (Å²) in [5.41, 5.74) is 2.54. The lowest BCUT2D eigenvalue weighted by Crippen LogP contribution is -2.45. The van der Waals surface area contributed by atoms with Crippen molar-refractivity contribution < 1.29 is 4.74 Å². The number of hydrazine groups is 1. The standard InChI is InChI=1S/C9H22N4O/c1-5-8(6-14-4)12-9(13-10)11-7(2)3/h7-8H,5-6,10H2,1-4H3,(H2,11,12,13). The van der Waals surface area contributed by atoms with Gasteiger partial charge in [0.1, 0.15) is 0 Å². The van der Waals surface area contributed by atoms with Gasteiger partial charge in [0.05, 0.1) is 12.6 Å². The number of nitrogens with zero attached hydrogens (tertiary/aromatic N) is 1. The third-order valence-electron chi connectivity index (χ3n) is 1.70. The van der Waals surface area contributed by atoms with Gasteiger partial charge in [-0.05, 0) is 20.3 Å². The number of rotatable bonds is 5. The van der Waals surface area contributed by atoms with E-state index in [9.17, 15) is 0 Å². The van der Waals surface area contributed by atoms with Crippen LogP contribution in [-0.2, 0) is 4.74 Å². The van der Waals surface area contributed by atoms with E-state index in [0.29, 0.717) is 18.6 Å². The average molecular weight is 202 g/mol. The molecule has 0 fully saturated rings. The van der Waals surface area contributed by atoms with Gasteiger partial charge in [0.2, 0.25) is 5.96 Å². The van der Waals surface area contributed by atoms with Crippen LogP contribution in [0.1, 0.15) is 27.2 Å². The molecule has 0 bridgehead atoms. The summed E-state index contributed by atoms with van der Waals surface area (Å²) in [5.74, 6) is 5.95. The van der Waals surface area contributed by atoms with Gasteiger partial charge in [-0.2, -0.15) is 0 Å². The second-order valence-electron chi connectivity index (χ2n) is 3.44. The minimum Gasteiger partial charge on any atom is -0.382 e. The monoisotopic (exact) mass is 202 g/mol. The van der Waals surface area contributed by atoms with Gasteiger partial charge in [0.15, 0.2) is 0 Å². The Balaban J connectivity index is 4.22. The molecular formula is C9H22N4O. The highest BCUT2D eigenvalue weighted by Crippen LogP contribution is 1.97. The molecule has 1 unspecified atom stereocenters. The molecule has 0 heterocycles. The highest BCUT2D eigenvalue weighted by Gasteiger charge is 2.06. The Labute approximate surface area is 86.1 Å². The summed E-state index contributed by atoms with van der Waals surface area (Å²) < 4.78 is 5.04. The van der Waals surface area contributed by atoms with Crippen LogP contribution in [0.3, 0.4) is 0 Å².